The van der Waals surface area contributed by atoms with Gasteiger partial charge < -0.3 is 4.74 Å². The maximum Gasteiger partial charge on any atom is 0.327 e. The lowest BCUT2D eigenvalue weighted by atomic mass is 10.4. The van der Waals surface area contributed by atoms with E-state index in [1.807, 2.05) is 0 Å². The fraction of sp³-hybridized carbons (Fsp3) is 0.333. The van der Waals surface area contributed by atoms with Crippen molar-refractivity contribution in [2.75, 3.05) is 6.61 Å². The van der Waals surface area contributed by atoms with E-state index < -0.39 is 0 Å². The molecular formula is C9H9ClN4O2. The van der Waals surface area contributed by atoms with Crippen LogP contribution in [0.2, 0.25) is 5.15 Å². The quantitative estimate of drug-likeness (QED) is 0.592. The molecule has 0 aliphatic rings. The van der Waals surface area contributed by atoms with E-state index in [9.17, 15) is 4.79 Å². The zero-order valence-corrected chi connectivity index (χ0v) is 9.31. The summed E-state index contributed by atoms with van der Waals surface area (Å²) in [7, 11) is 0. The Bertz CT molecular complexity index is 525. The van der Waals surface area contributed by atoms with Gasteiger partial charge in [0.1, 0.15) is 23.9 Å². The van der Waals surface area contributed by atoms with Gasteiger partial charge in [-0.05, 0) is 6.92 Å². The summed E-state index contributed by atoms with van der Waals surface area (Å²) in [4.78, 5) is 19.1. The van der Waals surface area contributed by atoms with Crippen LogP contribution in [-0.4, -0.2) is 32.3 Å². The molecule has 2 heterocycles. The van der Waals surface area contributed by atoms with E-state index in [0.29, 0.717) is 17.6 Å². The van der Waals surface area contributed by atoms with Crippen molar-refractivity contribution in [3.8, 4) is 0 Å². The van der Waals surface area contributed by atoms with Crippen LogP contribution in [0.3, 0.4) is 0 Å². The van der Waals surface area contributed by atoms with Gasteiger partial charge in [0.2, 0.25) is 0 Å². The number of ether oxygens (including phenoxy) is 1. The summed E-state index contributed by atoms with van der Waals surface area (Å²) >= 11 is 5.90. The van der Waals surface area contributed by atoms with E-state index in [-0.39, 0.29) is 17.7 Å². The molecule has 0 saturated carbocycles. The van der Waals surface area contributed by atoms with Crippen molar-refractivity contribution in [1.29, 1.82) is 0 Å². The first-order valence-electron chi connectivity index (χ1n) is 4.70. The second-order valence-electron chi connectivity index (χ2n) is 3.01. The van der Waals surface area contributed by atoms with Crippen LogP contribution in [0.5, 0.6) is 0 Å². The monoisotopic (exact) mass is 240 g/mol. The maximum atomic E-state index is 11.3. The van der Waals surface area contributed by atoms with Crippen LogP contribution in [0.25, 0.3) is 11.0 Å². The van der Waals surface area contributed by atoms with E-state index in [2.05, 4.69) is 15.1 Å². The van der Waals surface area contributed by atoms with Crippen LogP contribution in [0.4, 0.5) is 0 Å². The molecule has 6 nitrogen and oxygen atoms in total. The Morgan fingerprint density at radius 2 is 2.38 bits per heavy atom. The Labute approximate surface area is 96.2 Å². The molecule has 2 aromatic rings. The van der Waals surface area contributed by atoms with Crippen molar-refractivity contribution in [2.45, 2.75) is 13.5 Å². The van der Waals surface area contributed by atoms with E-state index in [1.165, 1.54) is 17.2 Å². The summed E-state index contributed by atoms with van der Waals surface area (Å²) in [5, 5.41) is 4.28. The zero-order chi connectivity index (χ0) is 11.5. The first kappa shape index (κ1) is 10.8. The summed E-state index contributed by atoms with van der Waals surface area (Å²) in [5.74, 6) is -0.368. The molecule has 0 aliphatic heterocycles. The maximum absolute atomic E-state index is 11.3. The number of esters is 1. The predicted octanol–water partition coefficient (Wildman–Crippen LogP) is 1.04. The predicted molar refractivity (Wildman–Crippen MR) is 57.0 cm³/mol. The molecule has 0 radical (unpaired) electrons. The van der Waals surface area contributed by atoms with Crippen molar-refractivity contribution >= 4 is 28.6 Å². The van der Waals surface area contributed by atoms with Gasteiger partial charge in [-0.25, -0.2) is 14.6 Å². The molecule has 0 N–H and O–H groups in total. The molecule has 0 aliphatic carbocycles. The molecule has 7 heteroatoms. The zero-order valence-electron chi connectivity index (χ0n) is 8.55. The Kier molecular flexibility index (Phi) is 3.00. The minimum atomic E-state index is -0.368. The van der Waals surface area contributed by atoms with Crippen LogP contribution < -0.4 is 0 Å². The third kappa shape index (κ3) is 1.96. The fourth-order valence-corrected chi connectivity index (χ4v) is 1.57. The Hall–Kier alpha value is -1.69. The number of hydrogen-bond acceptors (Lipinski definition) is 5. The minimum Gasteiger partial charge on any atom is -0.465 e. The minimum absolute atomic E-state index is 0.00440. The number of fused-ring (bicyclic) bond motifs is 1. The van der Waals surface area contributed by atoms with Gasteiger partial charge in [0.05, 0.1) is 12.8 Å². The summed E-state index contributed by atoms with van der Waals surface area (Å²) < 4.78 is 6.25. The molecule has 0 bridgehead atoms. The lowest BCUT2D eigenvalue weighted by Gasteiger charge is -2.03. The normalized spacial score (nSPS) is 10.6. The highest BCUT2D eigenvalue weighted by Gasteiger charge is 2.12. The van der Waals surface area contributed by atoms with Gasteiger partial charge in [-0.15, -0.1) is 0 Å². The first-order chi connectivity index (χ1) is 7.72. The van der Waals surface area contributed by atoms with Crippen LogP contribution in [-0.2, 0) is 16.1 Å². The molecular weight excluding hydrogens is 232 g/mol. The molecule has 2 rings (SSSR count). The number of halogens is 1. The Morgan fingerprint density at radius 3 is 3.12 bits per heavy atom. The fourth-order valence-electron chi connectivity index (χ4n) is 1.33. The van der Waals surface area contributed by atoms with Gasteiger partial charge in [0.25, 0.3) is 0 Å². The summed E-state index contributed by atoms with van der Waals surface area (Å²) in [5.41, 5.74) is 1.14. The van der Waals surface area contributed by atoms with Crippen molar-refractivity contribution in [3.63, 3.8) is 0 Å². The SMILES string of the molecule is CCOC(=O)Cn1ncc2ncnc(Cl)c21. The molecule has 0 aromatic carbocycles. The molecule has 0 atom stereocenters. The lowest BCUT2D eigenvalue weighted by molar-refractivity contribution is -0.143. The highest BCUT2D eigenvalue weighted by atomic mass is 35.5. The van der Waals surface area contributed by atoms with Gasteiger partial charge in [0, 0.05) is 0 Å². The van der Waals surface area contributed by atoms with E-state index in [0.717, 1.165) is 0 Å². The molecule has 0 unspecified atom stereocenters. The van der Waals surface area contributed by atoms with Crippen molar-refractivity contribution in [3.05, 3.63) is 17.7 Å². The molecule has 2 aromatic heterocycles. The van der Waals surface area contributed by atoms with Gasteiger partial charge in [0.15, 0.2) is 5.15 Å². The van der Waals surface area contributed by atoms with Crippen LogP contribution in [0, 0.1) is 0 Å². The summed E-state index contributed by atoms with van der Waals surface area (Å²) in [6.45, 7) is 2.09. The highest BCUT2D eigenvalue weighted by Crippen LogP contribution is 2.18. The standard InChI is InChI=1S/C9H9ClN4O2/c1-2-16-7(15)4-14-8-6(3-13-14)11-5-12-9(8)10/h3,5H,2,4H2,1H3. The van der Waals surface area contributed by atoms with Crippen molar-refractivity contribution in [1.82, 2.24) is 19.7 Å². The number of aromatic nitrogens is 4. The lowest BCUT2D eigenvalue weighted by Crippen LogP contribution is -2.14. The average Bonchev–Trinajstić information content (AvgIpc) is 2.63. The van der Waals surface area contributed by atoms with E-state index in [4.69, 9.17) is 16.3 Å². The molecule has 0 fully saturated rings. The first-order valence-corrected chi connectivity index (χ1v) is 5.07. The second kappa shape index (κ2) is 4.44. The molecule has 0 spiro atoms. The largest absolute Gasteiger partial charge is 0.465 e. The summed E-state index contributed by atoms with van der Waals surface area (Å²) in [6, 6.07) is 0. The third-order valence-electron chi connectivity index (χ3n) is 1.97. The number of carbonyl (C=O) groups is 1. The van der Waals surface area contributed by atoms with Crippen LogP contribution in [0.1, 0.15) is 6.92 Å². The number of hydrogen-bond donors (Lipinski definition) is 0. The van der Waals surface area contributed by atoms with Crippen LogP contribution >= 0.6 is 11.6 Å². The van der Waals surface area contributed by atoms with Crippen molar-refractivity contribution < 1.29 is 9.53 Å². The average molecular weight is 241 g/mol. The van der Waals surface area contributed by atoms with Gasteiger partial charge in [-0.3, -0.25) is 4.79 Å². The molecule has 84 valence electrons. The topological polar surface area (TPSA) is 69.9 Å². The summed E-state index contributed by atoms with van der Waals surface area (Å²) in [6.07, 6.45) is 2.88. The molecule has 0 amide bonds. The van der Waals surface area contributed by atoms with Gasteiger partial charge >= 0.3 is 5.97 Å². The number of carbonyl (C=O) groups excluding carboxylic acids is 1. The van der Waals surface area contributed by atoms with Crippen molar-refractivity contribution in [2.24, 2.45) is 0 Å². The smallest absolute Gasteiger partial charge is 0.327 e. The highest BCUT2D eigenvalue weighted by molar-refractivity contribution is 6.33. The van der Waals surface area contributed by atoms with E-state index in [1.54, 1.807) is 6.92 Å². The van der Waals surface area contributed by atoms with E-state index >= 15 is 0 Å². The van der Waals surface area contributed by atoms with Gasteiger partial charge in [-0.2, -0.15) is 5.10 Å². The Morgan fingerprint density at radius 1 is 1.56 bits per heavy atom. The Balaban J connectivity index is 2.34. The second-order valence-corrected chi connectivity index (χ2v) is 3.36. The molecule has 16 heavy (non-hydrogen) atoms. The van der Waals surface area contributed by atoms with Crippen LogP contribution in [0.15, 0.2) is 12.5 Å². The number of rotatable bonds is 3. The van der Waals surface area contributed by atoms with Gasteiger partial charge in [-0.1, -0.05) is 11.6 Å². The molecule has 0 saturated heterocycles. The third-order valence-corrected chi connectivity index (χ3v) is 2.24. The number of nitrogens with zero attached hydrogens (tertiary/aromatic N) is 4.